The Morgan fingerprint density at radius 1 is 1.17 bits per heavy atom. The molecule has 0 saturated carbocycles. The van der Waals surface area contributed by atoms with Crippen molar-refractivity contribution in [1.29, 1.82) is 0 Å². The summed E-state index contributed by atoms with van der Waals surface area (Å²) in [5.41, 5.74) is 0.969. The van der Waals surface area contributed by atoms with Crippen LogP contribution in [0.2, 0.25) is 0 Å². The molecule has 1 aliphatic rings. The first-order chi connectivity index (χ1) is 16.9. The first-order valence-electron chi connectivity index (χ1n) is 12.4. The predicted octanol–water partition coefficient (Wildman–Crippen LogP) is 5.06. The quantitative estimate of drug-likeness (QED) is 0.492. The molecule has 35 heavy (non-hydrogen) atoms. The molecule has 1 aromatic heterocycles. The predicted molar refractivity (Wildman–Crippen MR) is 133 cm³/mol. The molecule has 1 saturated heterocycles. The van der Waals surface area contributed by atoms with Crippen molar-refractivity contribution < 1.29 is 14.3 Å². The van der Waals surface area contributed by atoms with Gasteiger partial charge in [0.15, 0.2) is 5.56 Å². The van der Waals surface area contributed by atoms with Gasteiger partial charge in [-0.25, -0.2) is 4.39 Å². The van der Waals surface area contributed by atoms with E-state index >= 15 is 0 Å². The Balaban J connectivity index is 1.72. The van der Waals surface area contributed by atoms with Crippen LogP contribution in [0.4, 0.5) is 4.39 Å². The van der Waals surface area contributed by atoms with Crippen LogP contribution in [0.3, 0.4) is 0 Å². The van der Waals surface area contributed by atoms with E-state index in [4.69, 9.17) is 0 Å². The highest BCUT2D eigenvalue weighted by Gasteiger charge is 2.33. The lowest BCUT2D eigenvalue weighted by Crippen LogP contribution is -2.38. The summed E-state index contributed by atoms with van der Waals surface area (Å²) in [7, 11) is 0. The van der Waals surface area contributed by atoms with Gasteiger partial charge < -0.3 is 10.0 Å². The molecule has 2 unspecified atom stereocenters. The molecule has 7 heteroatoms. The molecule has 0 bridgehead atoms. The number of nitrogens with zero attached hydrogens (tertiary/aromatic N) is 3. The Morgan fingerprint density at radius 2 is 1.94 bits per heavy atom. The van der Waals surface area contributed by atoms with Gasteiger partial charge in [0.1, 0.15) is 11.6 Å². The second-order valence-electron chi connectivity index (χ2n) is 9.13. The molecular weight excluding hydrogens is 445 g/mol. The number of unbranched alkanes of at least 4 members (excludes halogenated alkanes) is 1. The van der Waals surface area contributed by atoms with Gasteiger partial charge in [0.05, 0.1) is 6.04 Å². The molecule has 1 fully saturated rings. The summed E-state index contributed by atoms with van der Waals surface area (Å²) in [6.45, 7) is 4.82. The Labute approximate surface area is 205 Å². The molecule has 1 aliphatic heterocycles. The lowest BCUT2D eigenvalue weighted by Gasteiger charge is -2.24. The van der Waals surface area contributed by atoms with Crippen molar-refractivity contribution in [2.75, 3.05) is 13.1 Å². The van der Waals surface area contributed by atoms with Crippen molar-refractivity contribution in [2.45, 2.75) is 57.9 Å². The first-order valence-corrected chi connectivity index (χ1v) is 12.4. The SMILES string of the molecule is CCCCc1nc(O)c(C(=O)N2CCC(c3cccc(F)c3)C2)c(=O)n1C(CC)c1ccccc1. The fraction of sp³-hybridized carbons (Fsp3) is 0.393. The number of hydrogen-bond donors (Lipinski definition) is 1. The maximum absolute atomic E-state index is 13.8. The van der Waals surface area contributed by atoms with Crippen LogP contribution in [0.25, 0.3) is 0 Å². The van der Waals surface area contributed by atoms with Crippen LogP contribution in [-0.2, 0) is 6.42 Å². The molecular formula is C28H32FN3O3. The number of hydrogen-bond acceptors (Lipinski definition) is 4. The fourth-order valence-electron chi connectivity index (χ4n) is 4.96. The van der Waals surface area contributed by atoms with Crippen molar-refractivity contribution in [3.8, 4) is 5.88 Å². The molecule has 1 N–H and O–H groups in total. The summed E-state index contributed by atoms with van der Waals surface area (Å²) in [6, 6.07) is 15.8. The largest absolute Gasteiger partial charge is 0.493 e. The average molecular weight is 478 g/mol. The topological polar surface area (TPSA) is 75.4 Å². The van der Waals surface area contributed by atoms with Crippen molar-refractivity contribution in [2.24, 2.45) is 0 Å². The molecule has 0 aliphatic carbocycles. The molecule has 2 heterocycles. The van der Waals surface area contributed by atoms with Crippen molar-refractivity contribution >= 4 is 5.91 Å². The lowest BCUT2D eigenvalue weighted by atomic mass is 9.98. The van der Waals surface area contributed by atoms with E-state index in [1.54, 1.807) is 15.5 Å². The fourth-order valence-corrected chi connectivity index (χ4v) is 4.96. The normalized spacial score (nSPS) is 16.4. The summed E-state index contributed by atoms with van der Waals surface area (Å²) in [5.74, 6) is -0.896. The lowest BCUT2D eigenvalue weighted by molar-refractivity contribution is 0.0783. The number of carbonyl (C=O) groups is 1. The number of halogens is 1. The van der Waals surface area contributed by atoms with Crippen molar-refractivity contribution in [1.82, 2.24) is 14.5 Å². The van der Waals surface area contributed by atoms with E-state index in [1.165, 1.54) is 12.1 Å². The highest BCUT2D eigenvalue weighted by Crippen LogP contribution is 2.30. The third kappa shape index (κ3) is 5.14. The summed E-state index contributed by atoms with van der Waals surface area (Å²) < 4.78 is 15.3. The Kier molecular flexibility index (Phi) is 7.63. The molecule has 1 amide bonds. The minimum absolute atomic E-state index is 0.0245. The highest BCUT2D eigenvalue weighted by molar-refractivity contribution is 5.96. The molecule has 4 rings (SSSR count). The van der Waals surface area contributed by atoms with E-state index in [0.717, 1.165) is 24.0 Å². The number of benzene rings is 2. The van der Waals surface area contributed by atoms with Gasteiger partial charge in [0.2, 0.25) is 5.88 Å². The number of aromatic nitrogens is 2. The van der Waals surface area contributed by atoms with E-state index in [2.05, 4.69) is 11.9 Å². The highest BCUT2D eigenvalue weighted by atomic mass is 19.1. The molecule has 6 nitrogen and oxygen atoms in total. The molecule has 184 valence electrons. The maximum atomic E-state index is 13.8. The van der Waals surface area contributed by atoms with E-state index in [1.807, 2.05) is 43.3 Å². The second kappa shape index (κ2) is 10.8. The number of amides is 1. The van der Waals surface area contributed by atoms with E-state index in [0.29, 0.717) is 38.2 Å². The van der Waals surface area contributed by atoms with Crippen LogP contribution < -0.4 is 5.56 Å². The first kappa shape index (κ1) is 24.6. The molecule has 3 aromatic rings. The second-order valence-corrected chi connectivity index (χ2v) is 9.13. The smallest absolute Gasteiger partial charge is 0.270 e. The van der Waals surface area contributed by atoms with Gasteiger partial charge in [0.25, 0.3) is 11.5 Å². The van der Waals surface area contributed by atoms with Crippen LogP contribution in [0.5, 0.6) is 5.88 Å². The monoisotopic (exact) mass is 477 g/mol. The summed E-state index contributed by atoms with van der Waals surface area (Å²) in [4.78, 5) is 33.2. The number of aromatic hydroxyl groups is 1. The van der Waals surface area contributed by atoms with Crippen molar-refractivity contribution in [3.63, 3.8) is 0 Å². The molecule has 2 aromatic carbocycles. The van der Waals surface area contributed by atoms with Crippen LogP contribution >= 0.6 is 0 Å². The third-order valence-corrected chi connectivity index (χ3v) is 6.82. The van der Waals surface area contributed by atoms with Crippen LogP contribution in [0.15, 0.2) is 59.4 Å². The zero-order valence-electron chi connectivity index (χ0n) is 20.3. The maximum Gasteiger partial charge on any atom is 0.270 e. The van der Waals surface area contributed by atoms with Crippen LogP contribution in [0.1, 0.15) is 78.8 Å². The van der Waals surface area contributed by atoms with E-state index in [-0.39, 0.29) is 23.3 Å². The summed E-state index contributed by atoms with van der Waals surface area (Å²) >= 11 is 0. The van der Waals surface area contributed by atoms with Gasteiger partial charge in [-0.15, -0.1) is 0 Å². The van der Waals surface area contributed by atoms with Gasteiger partial charge in [-0.3, -0.25) is 14.2 Å². The van der Waals surface area contributed by atoms with Crippen LogP contribution in [-0.4, -0.2) is 38.6 Å². The number of aryl methyl sites for hydroxylation is 1. The Morgan fingerprint density at radius 3 is 2.63 bits per heavy atom. The van der Waals surface area contributed by atoms with Crippen LogP contribution in [0, 0.1) is 5.82 Å². The average Bonchev–Trinajstić information content (AvgIpc) is 3.36. The summed E-state index contributed by atoms with van der Waals surface area (Å²) in [6.07, 6.45) is 3.55. The Hall–Kier alpha value is -3.48. The van der Waals surface area contributed by atoms with Gasteiger partial charge in [-0.05, 0) is 42.5 Å². The Bertz CT molecular complexity index is 1240. The van der Waals surface area contributed by atoms with Gasteiger partial charge in [-0.1, -0.05) is 62.7 Å². The van der Waals surface area contributed by atoms with Crippen molar-refractivity contribution in [3.05, 3.63) is 93.3 Å². The number of carbonyl (C=O) groups excluding carboxylic acids is 1. The number of likely N-dealkylation sites (tertiary alicyclic amines) is 1. The minimum Gasteiger partial charge on any atom is -0.493 e. The zero-order chi connectivity index (χ0) is 24.9. The van der Waals surface area contributed by atoms with Gasteiger partial charge in [0, 0.05) is 25.4 Å². The molecule has 2 atom stereocenters. The minimum atomic E-state index is -0.530. The molecule has 0 radical (unpaired) electrons. The van der Waals surface area contributed by atoms with Gasteiger partial charge >= 0.3 is 0 Å². The standard InChI is InChI=1S/C28H32FN3O3/c1-3-5-14-24-30-26(33)25(28(35)32(24)23(4-2)19-10-7-6-8-11-19)27(34)31-16-15-21(18-31)20-12-9-13-22(29)17-20/h6-13,17,21,23,33H,3-5,14-16,18H2,1-2H3. The zero-order valence-corrected chi connectivity index (χ0v) is 20.3. The number of rotatable bonds is 8. The molecule has 0 spiro atoms. The van der Waals surface area contributed by atoms with Gasteiger partial charge in [-0.2, -0.15) is 4.98 Å². The summed E-state index contributed by atoms with van der Waals surface area (Å²) in [5, 5.41) is 10.7. The van der Waals surface area contributed by atoms with E-state index in [9.17, 15) is 19.1 Å². The van der Waals surface area contributed by atoms with E-state index < -0.39 is 17.3 Å². The third-order valence-electron chi connectivity index (χ3n) is 6.82.